The highest BCUT2D eigenvalue weighted by Gasteiger charge is 2.14. The van der Waals surface area contributed by atoms with Crippen LogP contribution in [0.15, 0.2) is 29.4 Å². The summed E-state index contributed by atoms with van der Waals surface area (Å²) in [6.07, 6.45) is 1.73. The molecule has 1 aliphatic rings. The van der Waals surface area contributed by atoms with E-state index in [1.165, 1.54) is 0 Å². The van der Waals surface area contributed by atoms with Gasteiger partial charge in [-0.05, 0) is 13.0 Å². The van der Waals surface area contributed by atoms with Gasteiger partial charge in [-0.25, -0.2) is 5.43 Å². The molecule has 2 aromatic rings. The molecule has 1 aromatic heterocycles. The normalized spacial score (nSPS) is 16.3. The summed E-state index contributed by atoms with van der Waals surface area (Å²) in [5.41, 5.74) is 5.94. The van der Waals surface area contributed by atoms with Crippen molar-refractivity contribution in [3.05, 3.63) is 35.5 Å². The lowest BCUT2D eigenvalue weighted by Crippen LogP contribution is -2.42. The number of hydrogen-bond donors (Lipinski definition) is 1. The number of carbonyl (C=O) groups excluding carboxylic acids is 1. The Hall–Kier alpha value is -2.18. The smallest absolute Gasteiger partial charge is 0.254 e. The highest BCUT2D eigenvalue weighted by atomic mass is 16.5. The average Bonchev–Trinajstić information content (AvgIpc) is 2.81. The Morgan fingerprint density at radius 3 is 2.87 bits per heavy atom. The van der Waals surface area contributed by atoms with Crippen molar-refractivity contribution in [2.24, 2.45) is 12.1 Å². The summed E-state index contributed by atoms with van der Waals surface area (Å²) in [5, 5.41) is 5.27. The number of benzene rings is 1. The highest BCUT2D eigenvalue weighted by Crippen LogP contribution is 2.22. The van der Waals surface area contributed by atoms with Crippen LogP contribution in [-0.2, 0) is 16.6 Å². The molecule has 1 saturated heterocycles. The number of ether oxygens (including phenoxy) is 1. The molecular formula is C17H22N4O2. The molecule has 2 heterocycles. The number of nitrogens with one attached hydrogen (secondary N) is 1. The number of nitrogens with zero attached hydrogens (tertiary/aromatic N) is 3. The highest BCUT2D eigenvalue weighted by molar-refractivity contribution is 6.01. The molecule has 1 amide bonds. The van der Waals surface area contributed by atoms with Gasteiger partial charge in [-0.1, -0.05) is 18.2 Å². The van der Waals surface area contributed by atoms with E-state index in [1.807, 2.05) is 19.2 Å². The van der Waals surface area contributed by atoms with Crippen LogP contribution >= 0.6 is 0 Å². The van der Waals surface area contributed by atoms with E-state index in [9.17, 15) is 4.79 Å². The zero-order chi connectivity index (χ0) is 16.2. The maximum Gasteiger partial charge on any atom is 0.254 e. The number of fused-ring (bicyclic) bond motifs is 1. The molecule has 0 aliphatic carbocycles. The van der Waals surface area contributed by atoms with Crippen LogP contribution in [0, 0.1) is 6.92 Å². The van der Waals surface area contributed by atoms with Gasteiger partial charge in [0.1, 0.15) is 0 Å². The van der Waals surface area contributed by atoms with E-state index >= 15 is 0 Å². The number of rotatable bonds is 4. The largest absolute Gasteiger partial charge is 0.379 e. The molecule has 0 bridgehead atoms. The number of aryl methyl sites for hydroxylation is 1. The molecule has 0 saturated carbocycles. The number of para-hydroxylation sites is 1. The predicted molar refractivity (Wildman–Crippen MR) is 90.7 cm³/mol. The molecule has 0 radical (unpaired) electrons. The van der Waals surface area contributed by atoms with Gasteiger partial charge in [-0.15, -0.1) is 0 Å². The first kappa shape index (κ1) is 15.7. The number of hydrazone groups is 1. The predicted octanol–water partition coefficient (Wildman–Crippen LogP) is 1.27. The summed E-state index contributed by atoms with van der Waals surface area (Å²) in [6, 6.07) is 8.18. The summed E-state index contributed by atoms with van der Waals surface area (Å²) in [6.45, 7) is 5.36. The van der Waals surface area contributed by atoms with Gasteiger partial charge in [-0.2, -0.15) is 5.10 Å². The molecule has 3 rings (SSSR count). The van der Waals surface area contributed by atoms with Crippen molar-refractivity contribution in [1.29, 1.82) is 0 Å². The Kier molecular flexibility index (Phi) is 4.73. The zero-order valence-corrected chi connectivity index (χ0v) is 13.6. The van der Waals surface area contributed by atoms with Crippen molar-refractivity contribution in [2.75, 3.05) is 32.8 Å². The Labute approximate surface area is 135 Å². The van der Waals surface area contributed by atoms with Crippen LogP contribution in [0.4, 0.5) is 0 Å². The van der Waals surface area contributed by atoms with E-state index in [0.29, 0.717) is 19.8 Å². The van der Waals surface area contributed by atoms with Crippen molar-refractivity contribution in [2.45, 2.75) is 6.92 Å². The Bertz CT molecular complexity index is 730. The Morgan fingerprint density at radius 2 is 2.09 bits per heavy atom. The van der Waals surface area contributed by atoms with Crippen molar-refractivity contribution < 1.29 is 9.53 Å². The minimum atomic E-state index is -0.0963. The van der Waals surface area contributed by atoms with Crippen LogP contribution in [0.3, 0.4) is 0 Å². The van der Waals surface area contributed by atoms with Crippen LogP contribution in [-0.4, -0.2) is 54.4 Å². The first-order valence-electron chi connectivity index (χ1n) is 7.83. The van der Waals surface area contributed by atoms with Gasteiger partial charge >= 0.3 is 0 Å². The fourth-order valence-electron chi connectivity index (χ4n) is 2.88. The van der Waals surface area contributed by atoms with Crippen LogP contribution in [0.5, 0.6) is 0 Å². The van der Waals surface area contributed by atoms with E-state index in [4.69, 9.17) is 4.74 Å². The van der Waals surface area contributed by atoms with Crippen LogP contribution in [0.25, 0.3) is 10.9 Å². The molecule has 23 heavy (non-hydrogen) atoms. The number of morpholine rings is 1. The number of aromatic nitrogens is 1. The lowest BCUT2D eigenvalue weighted by atomic mass is 10.1. The topological polar surface area (TPSA) is 58.9 Å². The second-order valence-electron chi connectivity index (χ2n) is 5.76. The first-order valence-corrected chi connectivity index (χ1v) is 7.83. The van der Waals surface area contributed by atoms with Gasteiger partial charge in [0.2, 0.25) is 0 Å². The van der Waals surface area contributed by atoms with E-state index in [2.05, 4.69) is 39.1 Å². The van der Waals surface area contributed by atoms with E-state index in [1.54, 1.807) is 6.21 Å². The lowest BCUT2D eigenvalue weighted by Gasteiger charge is -2.25. The fraction of sp³-hybridized carbons (Fsp3) is 0.412. The molecule has 0 spiro atoms. The average molecular weight is 314 g/mol. The number of carbonyl (C=O) groups is 1. The van der Waals surface area contributed by atoms with Gasteiger partial charge < -0.3 is 9.30 Å². The second-order valence-corrected chi connectivity index (χ2v) is 5.76. The van der Waals surface area contributed by atoms with Gasteiger partial charge in [0, 0.05) is 42.3 Å². The Balaban J connectivity index is 1.66. The van der Waals surface area contributed by atoms with E-state index in [-0.39, 0.29) is 5.91 Å². The zero-order valence-electron chi connectivity index (χ0n) is 13.6. The fourth-order valence-corrected chi connectivity index (χ4v) is 2.88. The number of amides is 1. The molecule has 6 heteroatoms. The minimum absolute atomic E-state index is 0.0963. The van der Waals surface area contributed by atoms with E-state index in [0.717, 1.165) is 35.2 Å². The summed E-state index contributed by atoms with van der Waals surface area (Å²) in [5.74, 6) is -0.0963. The number of hydrogen-bond acceptors (Lipinski definition) is 4. The van der Waals surface area contributed by atoms with Crippen LogP contribution < -0.4 is 5.43 Å². The molecule has 1 aromatic carbocycles. The van der Waals surface area contributed by atoms with Crippen LogP contribution in [0.1, 0.15) is 11.3 Å². The standard InChI is InChI=1S/C17H22N4O2/c1-13-15(14-5-3-4-6-16(14)20(13)2)11-18-19-17(22)12-21-7-9-23-10-8-21/h3-6,11H,7-10,12H2,1-2H3,(H,19,22)/b18-11+. The Morgan fingerprint density at radius 1 is 1.35 bits per heavy atom. The summed E-state index contributed by atoms with van der Waals surface area (Å²) in [4.78, 5) is 14.0. The molecule has 122 valence electrons. The lowest BCUT2D eigenvalue weighted by molar-refractivity contribution is -0.123. The maximum absolute atomic E-state index is 11.9. The summed E-state index contributed by atoms with van der Waals surface area (Å²) >= 11 is 0. The van der Waals surface area contributed by atoms with E-state index < -0.39 is 0 Å². The van der Waals surface area contributed by atoms with Gasteiger partial charge in [0.25, 0.3) is 5.91 Å². The van der Waals surface area contributed by atoms with Crippen molar-refractivity contribution in [3.63, 3.8) is 0 Å². The first-order chi connectivity index (χ1) is 11.2. The molecule has 0 atom stereocenters. The SMILES string of the molecule is Cc1c(/C=N/NC(=O)CN2CCOCC2)c2ccccc2n1C. The third-order valence-corrected chi connectivity index (χ3v) is 4.30. The minimum Gasteiger partial charge on any atom is -0.379 e. The van der Waals surface area contributed by atoms with Gasteiger partial charge in [0.05, 0.1) is 26.0 Å². The van der Waals surface area contributed by atoms with Gasteiger partial charge in [-0.3, -0.25) is 9.69 Å². The van der Waals surface area contributed by atoms with Crippen molar-refractivity contribution in [1.82, 2.24) is 14.9 Å². The van der Waals surface area contributed by atoms with Crippen molar-refractivity contribution >= 4 is 23.0 Å². The molecule has 6 nitrogen and oxygen atoms in total. The molecular weight excluding hydrogens is 292 g/mol. The molecule has 0 unspecified atom stereocenters. The summed E-state index contributed by atoms with van der Waals surface area (Å²) < 4.78 is 7.40. The third kappa shape index (κ3) is 3.43. The quantitative estimate of drug-likeness (QED) is 0.683. The summed E-state index contributed by atoms with van der Waals surface area (Å²) in [7, 11) is 2.03. The van der Waals surface area contributed by atoms with Crippen LogP contribution in [0.2, 0.25) is 0 Å². The van der Waals surface area contributed by atoms with Gasteiger partial charge in [0.15, 0.2) is 0 Å². The monoisotopic (exact) mass is 314 g/mol. The third-order valence-electron chi connectivity index (χ3n) is 4.30. The molecule has 1 N–H and O–H groups in total. The molecule has 1 aliphatic heterocycles. The molecule has 1 fully saturated rings. The maximum atomic E-state index is 11.9. The van der Waals surface area contributed by atoms with Crippen molar-refractivity contribution in [3.8, 4) is 0 Å². The second kappa shape index (κ2) is 6.93.